The third kappa shape index (κ3) is 9.36. The number of ether oxygens (including phenoxy) is 1. The summed E-state index contributed by atoms with van der Waals surface area (Å²) < 4.78 is 5.63. The molecule has 0 amide bonds. The number of ketones is 1. The topological polar surface area (TPSA) is 66.8 Å². The fourth-order valence-corrected chi connectivity index (χ4v) is 2.68. The lowest BCUT2D eigenvalue weighted by molar-refractivity contribution is -0.133. The summed E-state index contributed by atoms with van der Waals surface area (Å²) in [5.41, 5.74) is -1.77. The lowest BCUT2D eigenvalue weighted by Gasteiger charge is -2.29. The monoisotopic (exact) mass is 340 g/mol. The fourth-order valence-electron chi connectivity index (χ4n) is 2.68. The Kier molecular flexibility index (Phi) is 9.71. The van der Waals surface area contributed by atoms with E-state index in [1.54, 1.807) is 19.9 Å². The average Bonchev–Trinajstić information content (AvgIpc) is 2.85. The third-order valence-electron chi connectivity index (χ3n) is 4.11. The molecule has 0 saturated carbocycles. The molecule has 4 unspecified atom stereocenters. The van der Waals surface area contributed by atoms with Crippen LogP contribution in [0.1, 0.15) is 66.7 Å². The van der Waals surface area contributed by atoms with E-state index >= 15 is 0 Å². The van der Waals surface area contributed by atoms with Crippen LogP contribution in [0.2, 0.25) is 0 Å². The molecule has 1 aliphatic rings. The van der Waals surface area contributed by atoms with Gasteiger partial charge in [0.15, 0.2) is 0 Å². The van der Waals surface area contributed by atoms with Gasteiger partial charge >= 0.3 is 0 Å². The van der Waals surface area contributed by atoms with Gasteiger partial charge in [-0.3, -0.25) is 4.79 Å². The van der Waals surface area contributed by atoms with Crippen molar-refractivity contribution in [1.29, 1.82) is 0 Å². The molecule has 0 bridgehead atoms. The van der Waals surface area contributed by atoms with E-state index in [1.165, 1.54) is 6.08 Å². The number of hydrogen-bond acceptors (Lipinski definition) is 4. The van der Waals surface area contributed by atoms with Crippen molar-refractivity contribution in [2.45, 2.75) is 90.1 Å². The zero-order chi connectivity index (χ0) is 19.0. The number of Topliss-reactive ketones (excluding diaryl/α,β-unsaturated/α-hetero) is 1. The Balaban J connectivity index is 0.000000561. The van der Waals surface area contributed by atoms with Crippen LogP contribution in [0.5, 0.6) is 0 Å². The molecule has 1 rings (SSSR count). The predicted octanol–water partition coefficient (Wildman–Crippen LogP) is 3.81. The first-order valence-corrected chi connectivity index (χ1v) is 8.80. The second-order valence-corrected chi connectivity index (χ2v) is 7.74. The minimum atomic E-state index is -1.00. The van der Waals surface area contributed by atoms with Gasteiger partial charge in [-0.15, -0.1) is 13.2 Å². The van der Waals surface area contributed by atoms with E-state index in [0.717, 1.165) is 12.8 Å². The molecule has 4 nitrogen and oxygen atoms in total. The highest BCUT2D eigenvalue weighted by molar-refractivity contribution is 5.79. The highest BCUT2D eigenvalue weighted by atomic mass is 16.5. The molecule has 0 aromatic heterocycles. The Labute approximate surface area is 147 Å². The van der Waals surface area contributed by atoms with Crippen molar-refractivity contribution in [1.82, 2.24) is 0 Å². The van der Waals surface area contributed by atoms with Crippen LogP contribution in [-0.2, 0) is 9.53 Å². The van der Waals surface area contributed by atoms with Crippen molar-refractivity contribution in [2.24, 2.45) is 5.92 Å². The lowest BCUT2D eigenvalue weighted by atomic mass is 9.89. The van der Waals surface area contributed by atoms with E-state index in [2.05, 4.69) is 13.2 Å². The molecular formula is C20H36O4. The predicted molar refractivity (Wildman–Crippen MR) is 98.9 cm³/mol. The van der Waals surface area contributed by atoms with E-state index in [4.69, 9.17) is 9.84 Å². The number of carbonyl (C=O) groups excluding carboxylic acids is 1. The Morgan fingerprint density at radius 2 is 1.88 bits per heavy atom. The smallest absolute Gasteiger partial charge is 0.136 e. The largest absolute Gasteiger partial charge is 0.387 e. The molecule has 1 aliphatic heterocycles. The molecule has 0 aliphatic carbocycles. The number of rotatable bonds is 8. The second-order valence-electron chi connectivity index (χ2n) is 7.74. The maximum Gasteiger partial charge on any atom is 0.136 e. The molecule has 0 aromatic carbocycles. The molecule has 4 heteroatoms. The Hall–Kier alpha value is -0.970. The summed E-state index contributed by atoms with van der Waals surface area (Å²) in [6.07, 6.45) is 6.34. The minimum Gasteiger partial charge on any atom is -0.387 e. The van der Waals surface area contributed by atoms with Gasteiger partial charge in [-0.2, -0.15) is 0 Å². The zero-order valence-corrected chi connectivity index (χ0v) is 16.0. The average molecular weight is 341 g/mol. The van der Waals surface area contributed by atoms with Gasteiger partial charge in [0.25, 0.3) is 0 Å². The van der Waals surface area contributed by atoms with Crippen LogP contribution in [0, 0.1) is 5.92 Å². The summed E-state index contributed by atoms with van der Waals surface area (Å²) in [7, 11) is 0. The normalized spacial score (nSPS) is 25.2. The molecule has 0 radical (unpaired) electrons. The Morgan fingerprint density at radius 3 is 2.21 bits per heavy atom. The molecule has 4 atom stereocenters. The van der Waals surface area contributed by atoms with E-state index < -0.39 is 11.2 Å². The first kappa shape index (κ1) is 23.0. The molecule has 1 saturated heterocycles. The van der Waals surface area contributed by atoms with E-state index in [-0.39, 0.29) is 24.4 Å². The SMILES string of the molecule is C=CCC(C)(O)C=C.CC(C)CC(=O)CC(C)(O)C1CCC(C)O1. The van der Waals surface area contributed by atoms with Gasteiger partial charge in [-0.1, -0.05) is 26.0 Å². The second kappa shape index (κ2) is 10.1. The highest BCUT2D eigenvalue weighted by Gasteiger charge is 2.39. The van der Waals surface area contributed by atoms with Crippen LogP contribution in [0.3, 0.4) is 0 Å². The Bertz CT molecular complexity index is 410. The first-order valence-electron chi connectivity index (χ1n) is 8.80. The molecule has 1 heterocycles. The minimum absolute atomic E-state index is 0.128. The van der Waals surface area contributed by atoms with Gasteiger partial charge in [0.1, 0.15) is 5.78 Å². The summed E-state index contributed by atoms with van der Waals surface area (Å²) in [5.74, 6) is 0.481. The Morgan fingerprint density at radius 1 is 1.29 bits per heavy atom. The highest BCUT2D eigenvalue weighted by Crippen LogP contribution is 2.30. The van der Waals surface area contributed by atoms with E-state index in [0.29, 0.717) is 18.8 Å². The van der Waals surface area contributed by atoms with Gasteiger partial charge in [0, 0.05) is 12.8 Å². The molecule has 24 heavy (non-hydrogen) atoms. The van der Waals surface area contributed by atoms with Gasteiger partial charge in [0.2, 0.25) is 0 Å². The summed E-state index contributed by atoms with van der Waals surface area (Å²) in [4.78, 5) is 11.7. The molecule has 140 valence electrons. The van der Waals surface area contributed by atoms with Crippen LogP contribution in [0.25, 0.3) is 0 Å². The number of carbonyl (C=O) groups is 1. The van der Waals surface area contributed by atoms with Crippen LogP contribution < -0.4 is 0 Å². The maximum absolute atomic E-state index is 11.7. The van der Waals surface area contributed by atoms with E-state index in [9.17, 15) is 9.90 Å². The van der Waals surface area contributed by atoms with Crippen molar-refractivity contribution in [3.8, 4) is 0 Å². The van der Waals surface area contributed by atoms with Crippen molar-refractivity contribution in [3.63, 3.8) is 0 Å². The summed E-state index contributed by atoms with van der Waals surface area (Å²) >= 11 is 0. The van der Waals surface area contributed by atoms with Crippen molar-refractivity contribution in [2.75, 3.05) is 0 Å². The summed E-state index contributed by atoms with van der Waals surface area (Å²) in [6, 6.07) is 0. The molecular weight excluding hydrogens is 304 g/mol. The number of hydrogen-bond donors (Lipinski definition) is 2. The van der Waals surface area contributed by atoms with Crippen LogP contribution >= 0.6 is 0 Å². The van der Waals surface area contributed by atoms with Crippen LogP contribution in [0.15, 0.2) is 25.3 Å². The molecule has 0 aromatic rings. The van der Waals surface area contributed by atoms with Crippen LogP contribution in [-0.4, -0.2) is 39.4 Å². The number of aliphatic hydroxyl groups is 2. The summed E-state index contributed by atoms with van der Waals surface area (Å²) in [6.45, 7) is 16.4. The summed E-state index contributed by atoms with van der Waals surface area (Å²) in [5, 5.41) is 19.4. The standard InChI is InChI=1S/C13H24O3.C7H12O/c1-9(2)7-11(14)8-13(4,15)12-6-5-10(3)16-12;1-4-6-7(3,8)5-2/h9-10,12,15H,5-8H2,1-4H3;4-5,8H,1-2,6H2,3H3. The maximum atomic E-state index is 11.7. The molecule has 2 N–H and O–H groups in total. The molecule has 1 fully saturated rings. The van der Waals surface area contributed by atoms with Crippen LogP contribution in [0.4, 0.5) is 0 Å². The van der Waals surface area contributed by atoms with Crippen molar-refractivity contribution < 1.29 is 19.7 Å². The molecule has 0 spiro atoms. The van der Waals surface area contributed by atoms with Gasteiger partial charge in [-0.25, -0.2) is 0 Å². The van der Waals surface area contributed by atoms with Crippen molar-refractivity contribution >= 4 is 5.78 Å². The van der Waals surface area contributed by atoms with E-state index in [1.807, 2.05) is 20.8 Å². The van der Waals surface area contributed by atoms with Gasteiger partial charge < -0.3 is 14.9 Å². The third-order valence-corrected chi connectivity index (χ3v) is 4.11. The fraction of sp³-hybridized carbons (Fsp3) is 0.750. The quantitative estimate of drug-likeness (QED) is 0.659. The van der Waals surface area contributed by atoms with Gasteiger partial charge in [-0.05, 0) is 46.0 Å². The first-order chi connectivity index (χ1) is 10.9. The zero-order valence-electron chi connectivity index (χ0n) is 16.0. The lowest BCUT2D eigenvalue weighted by Crippen LogP contribution is -2.41. The van der Waals surface area contributed by atoms with Gasteiger partial charge in [0.05, 0.1) is 23.4 Å². The van der Waals surface area contributed by atoms with Crippen molar-refractivity contribution in [3.05, 3.63) is 25.3 Å².